The number of piperazine rings is 1. The molecule has 7 nitrogen and oxygen atoms in total. The Morgan fingerprint density at radius 1 is 1.19 bits per heavy atom. The minimum Gasteiger partial charge on any atom is -0.339 e. The van der Waals surface area contributed by atoms with E-state index in [1.54, 1.807) is 48.5 Å². The van der Waals surface area contributed by atoms with Gasteiger partial charge in [-0.3, -0.25) is 4.79 Å². The quantitative estimate of drug-likeness (QED) is 0.822. The summed E-state index contributed by atoms with van der Waals surface area (Å²) in [6, 6.07) is 13.9. The molecule has 140 valence electrons. The molecule has 0 spiro atoms. The molecule has 2 aromatic carbocycles. The van der Waals surface area contributed by atoms with Crippen LogP contribution in [0.1, 0.15) is 22.8 Å². The van der Waals surface area contributed by atoms with Crippen molar-refractivity contribution >= 4 is 27.5 Å². The molecule has 2 aromatic rings. The Kier molecular flexibility index (Phi) is 4.45. The lowest BCUT2D eigenvalue weighted by atomic mass is 10.1. The molecule has 2 aliphatic heterocycles. The van der Waals surface area contributed by atoms with Gasteiger partial charge in [0.25, 0.3) is 15.9 Å². The van der Waals surface area contributed by atoms with Gasteiger partial charge >= 0.3 is 0 Å². The summed E-state index contributed by atoms with van der Waals surface area (Å²) >= 11 is 0. The average molecular weight is 384 g/mol. The fourth-order valence-corrected chi connectivity index (χ4v) is 4.51. The number of nitrogens with one attached hydrogen (secondary N) is 2. The van der Waals surface area contributed by atoms with E-state index >= 15 is 0 Å². The van der Waals surface area contributed by atoms with E-state index in [1.807, 2.05) is 11.8 Å². The molecule has 2 N–H and O–H groups in total. The molecular weight excluding hydrogens is 364 g/mol. The molecule has 0 unspecified atom stereocenters. The van der Waals surface area contributed by atoms with Crippen molar-refractivity contribution < 1.29 is 13.2 Å². The molecule has 1 amide bonds. The predicted octanol–water partition coefficient (Wildman–Crippen LogP) is 1.68. The van der Waals surface area contributed by atoms with Crippen LogP contribution >= 0.6 is 0 Å². The van der Waals surface area contributed by atoms with E-state index in [1.165, 1.54) is 0 Å². The average Bonchev–Trinajstić information content (AvgIpc) is 2.93. The highest BCUT2D eigenvalue weighted by molar-refractivity contribution is 7.90. The summed E-state index contributed by atoms with van der Waals surface area (Å²) in [4.78, 5) is 14.8. The second-order valence-electron chi connectivity index (χ2n) is 6.67. The molecule has 1 saturated heterocycles. The second kappa shape index (κ2) is 6.79. The number of hydrogen-bond acceptors (Lipinski definition) is 5. The highest BCUT2D eigenvalue weighted by atomic mass is 32.2. The second-order valence-corrected chi connectivity index (χ2v) is 8.24. The third kappa shape index (κ3) is 3.33. The third-order valence-electron chi connectivity index (χ3n) is 4.79. The highest BCUT2D eigenvalue weighted by Crippen LogP contribution is 2.26. The molecule has 27 heavy (non-hydrogen) atoms. The summed E-state index contributed by atoms with van der Waals surface area (Å²) in [5.74, 6) is 0.294. The lowest BCUT2D eigenvalue weighted by molar-refractivity contribution is 0.0656. The summed E-state index contributed by atoms with van der Waals surface area (Å²) in [5.41, 5.74) is 1.83. The SMILES string of the molecule is C[C@H]1CNCCN1C(=O)c1ccc(NC2=NS(=O)(=O)c3ccccc32)cc1. The van der Waals surface area contributed by atoms with Gasteiger partial charge in [0, 0.05) is 42.5 Å². The lowest BCUT2D eigenvalue weighted by Gasteiger charge is -2.34. The number of anilines is 1. The number of rotatable bonds is 2. The van der Waals surface area contributed by atoms with Gasteiger partial charge in [0.05, 0.1) is 0 Å². The van der Waals surface area contributed by atoms with Gasteiger partial charge in [-0.05, 0) is 43.3 Å². The van der Waals surface area contributed by atoms with Gasteiger partial charge in [0.2, 0.25) is 0 Å². The number of fused-ring (bicyclic) bond motifs is 1. The van der Waals surface area contributed by atoms with Crippen molar-refractivity contribution in [2.75, 3.05) is 25.0 Å². The number of nitrogens with zero attached hydrogens (tertiary/aromatic N) is 2. The Bertz CT molecular complexity index is 1020. The number of benzene rings is 2. The van der Waals surface area contributed by atoms with Crippen molar-refractivity contribution in [1.82, 2.24) is 10.2 Å². The molecule has 2 aliphatic rings. The molecule has 4 rings (SSSR count). The van der Waals surface area contributed by atoms with Gasteiger partial charge < -0.3 is 15.5 Å². The maximum Gasteiger partial charge on any atom is 0.285 e. The van der Waals surface area contributed by atoms with E-state index in [2.05, 4.69) is 15.0 Å². The molecule has 0 radical (unpaired) electrons. The number of sulfonamides is 1. The molecule has 1 atom stereocenters. The van der Waals surface area contributed by atoms with Gasteiger partial charge in [-0.15, -0.1) is 4.40 Å². The Labute approximate surface area is 158 Å². The number of carbonyl (C=O) groups is 1. The molecule has 0 bridgehead atoms. The Morgan fingerprint density at radius 2 is 1.93 bits per heavy atom. The minimum absolute atomic E-state index is 0.00156. The van der Waals surface area contributed by atoms with E-state index in [9.17, 15) is 13.2 Å². The van der Waals surface area contributed by atoms with Crippen LogP contribution in [-0.2, 0) is 10.0 Å². The largest absolute Gasteiger partial charge is 0.339 e. The summed E-state index contributed by atoms with van der Waals surface area (Å²) < 4.78 is 28.1. The first kappa shape index (κ1) is 17.7. The summed E-state index contributed by atoms with van der Waals surface area (Å²) in [5, 5.41) is 6.31. The van der Waals surface area contributed by atoms with Crippen LogP contribution in [-0.4, -0.2) is 50.7 Å². The Morgan fingerprint density at radius 3 is 2.67 bits per heavy atom. The lowest BCUT2D eigenvalue weighted by Crippen LogP contribution is -2.52. The highest BCUT2D eigenvalue weighted by Gasteiger charge is 2.28. The number of amides is 1. The maximum absolute atomic E-state index is 12.7. The molecule has 0 aliphatic carbocycles. The van der Waals surface area contributed by atoms with Crippen molar-refractivity contribution in [1.29, 1.82) is 0 Å². The molecular formula is C19H20N4O3S. The third-order valence-corrected chi connectivity index (χ3v) is 6.12. The minimum atomic E-state index is -3.66. The summed E-state index contributed by atoms with van der Waals surface area (Å²) in [6.45, 7) is 4.30. The first-order valence-electron chi connectivity index (χ1n) is 8.79. The fraction of sp³-hybridized carbons (Fsp3) is 0.263. The first-order valence-corrected chi connectivity index (χ1v) is 10.2. The van der Waals surface area contributed by atoms with Crippen molar-refractivity contribution in [2.45, 2.75) is 17.9 Å². The number of amidine groups is 1. The molecule has 1 fully saturated rings. The Hall–Kier alpha value is -2.71. The van der Waals surface area contributed by atoms with Crippen LogP contribution in [0, 0.1) is 0 Å². The maximum atomic E-state index is 12.7. The van der Waals surface area contributed by atoms with E-state index < -0.39 is 10.0 Å². The van der Waals surface area contributed by atoms with Crippen LogP contribution in [0.3, 0.4) is 0 Å². The molecule has 2 heterocycles. The zero-order valence-corrected chi connectivity index (χ0v) is 15.7. The molecule has 0 aromatic heterocycles. The number of carbonyl (C=O) groups excluding carboxylic acids is 1. The summed E-state index contributed by atoms with van der Waals surface area (Å²) in [7, 11) is -3.66. The van der Waals surface area contributed by atoms with Crippen LogP contribution in [0.25, 0.3) is 0 Å². The van der Waals surface area contributed by atoms with Gasteiger partial charge in [0.1, 0.15) is 4.90 Å². The topological polar surface area (TPSA) is 90.9 Å². The van der Waals surface area contributed by atoms with Crippen molar-refractivity contribution in [2.24, 2.45) is 4.40 Å². The zero-order valence-electron chi connectivity index (χ0n) is 14.8. The van der Waals surface area contributed by atoms with Gasteiger partial charge in [-0.25, -0.2) is 0 Å². The van der Waals surface area contributed by atoms with E-state index in [0.29, 0.717) is 29.2 Å². The normalized spacial score (nSPS) is 20.7. The van der Waals surface area contributed by atoms with Crippen LogP contribution < -0.4 is 10.6 Å². The zero-order chi connectivity index (χ0) is 19.0. The van der Waals surface area contributed by atoms with E-state index in [-0.39, 0.29) is 16.8 Å². The van der Waals surface area contributed by atoms with E-state index in [4.69, 9.17) is 0 Å². The van der Waals surface area contributed by atoms with Crippen molar-refractivity contribution in [3.8, 4) is 0 Å². The van der Waals surface area contributed by atoms with Crippen molar-refractivity contribution in [3.63, 3.8) is 0 Å². The molecule has 0 saturated carbocycles. The monoisotopic (exact) mass is 384 g/mol. The summed E-state index contributed by atoms with van der Waals surface area (Å²) in [6.07, 6.45) is 0. The Balaban J connectivity index is 1.53. The molecule has 8 heteroatoms. The smallest absolute Gasteiger partial charge is 0.285 e. The van der Waals surface area contributed by atoms with Crippen LogP contribution in [0.15, 0.2) is 57.8 Å². The first-order chi connectivity index (χ1) is 13.0. The number of hydrogen-bond donors (Lipinski definition) is 2. The van der Waals surface area contributed by atoms with Gasteiger partial charge in [0.15, 0.2) is 5.84 Å². The van der Waals surface area contributed by atoms with Crippen LogP contribution in [0.5, 0.6) is 0 Å². The van der Waals surface area contributed by atoms with Gasteiger partial charge in [-0.1, -0.05) is 12.1 Å². The van der Waals surface area contributed by atoms with E-state index in [0.717, 1.165) is 13.1 Å². The van der Waals surface area contributed by atoms with Crippen molar-refractivity contribution in [3.05, 3.63) is 59.7 Å². The van der Waals surface area contributed by atoms with Gasteiger partial charge in [-0.2, -0.15) is 8.42 Å². The van der Waals surface area contributed by atoms with Crippen LogP contribution in [0.4, 0.5) is 5.69 Å². The predicted molar refractivity (Wildman–Crippen MR) is 104 cm³/mol. The standard InChI is InChI=1S/C19H20N4O3S/c1-13-12-20-10-11-23(13)19(24)14-6-8-15(9-7-14)21-18-16-4-2-3-5-17(16)27(25,26)22-18/h2-9,13,20H,10-12H2,1H3,(H,21,22)/t13-/m0/s1. The fourth-order valence-electron chi connectivity index (χ4n) is 3.34. The van der Waals surface area contributed by atoms with Crippen LogP contribution in [0.2, 0.25) is 0 Å².